The summed E-state index contributed by atoms with van der Waals surface area (Å²) in [6, 6.07) is 4.02. The number of hydrogen-bond acceptors (Lipinski definition) is 8. The van der Waals surface area contributed by atoms with Gasteiger partial charge in [-0.3, -0.25) is 20.1 Å². The maximum atomic E-state index is 12.6. The molecule has 3 N–H and O–H groups in total. The van der Waals surface area contributed by atoms with Crippen LogP contribution in [0.1, 0.15) is 25.8 Å². The average Bonchev–Trinajstić information content (AvgIpc) is 2.69. The summed E-state index contributed by atoms with van der Waals surface area (Å²) in [7, 11) is 1.33. The van der Waals surface area contributed by atoms with Crippen molar-refractivity contribution in [3.8, 4) is 17.6 Å². The number of anilines is 1. The third-order valence-corrected chi connectivity index (χ3v) is 3.83. The molecule has 0 radical (unpaired) electrons. The molecule has 1 atom stereocenters. The van der Waals surface area contributed by atoms with Crippen LogP contribution in [0.5, 0.6) is 11.5 Å². The number of nitrogens with one attached hydrogen (secondary N) is 1. The van der Waals surface area contributed by atoms with Gasteiger partial charge in [-0.25, -0.2) is 0 Å². The van der Waals surface area contributed by atoms with Gasteiger partial charge in [0.25, 0.3) is 5.91 Å². The standard InChI is InChI=1S/C19H24N4O5/c1-4-15(12-24)21-6-7-23(5-2)19(27)14(11-20)8-13-9-16(22-28-3)18(26)17(25)10-13/h6,8-10,12,15,22,25-26H,4-5,7H2,1-3H3/b14-8+,21-6?. The van der Waals surface area contributed by atoms with Crippen LogP contribution in [0, 0.1) is 11.3 Å². The van der Waals surface area contributed by atoms with Crippen molar-refractivity contribution in [1.82, 2.24) is 4.90 Å². The smallest absolute Gasteiger partial charge is 0.264 e. The zero-order chi connectivity index (χ0) is 21.1. The van der Waals surface area contributed by atoms with E-state index in [0.29, 0.717) is 18.5 Å². The van der Waals surface area contributed by atoms with Gasteiger partial charge in [0.15, 0.2) is 11.5 Å². The van der Waals surface area contributed by atoms with Gasteiger partial charge in [-0.1, -0.05) is 6.92 Å². The van der Waals surface area contributed by atoms with Crippen LogP contribution in [0.15, 0.2) is 22.7 Å². The minimum Gasteiger partial charge on any atom is -0.504 e. The topological polar surface area (TPSA) is 135 Å². The minimum atomic E-state index is -0.524. The maximum absolute atomic E-state index is 12.6. The molecule has 1 aromatic rings. The number of aliphatic imine (C=N–C) groups is 1. The maximum Gasteiger partial charge on any atom is 0.264 e. The van der Waals surface area contributed by atoms with Gasteiger partial charge in [-0.05, 0) is 37.1 Å². The molecule has 28 heavy (non-hydrogen) atoms. The van der Waals surface area contributed by atoms with Crippen molar-refractivity contribution in [2.24, 2.45) is 4.99 Å². The zero-order valence-electron chi connectivity index (χ0n) is 16.0. The van der Waals surface area contributed by atoms with Crippen LogP contribution in [-0.4, -0.2) is 59.8 Å². The van der Waals surface area contributed by atoms with Crippen LogP contribution < -0.4 is 5.48 Å². The van der Waals surface area contributed by atoms with Crippen LogP contribution >= 0.6 is 0 Å². The van der Waals surface area contributed by atoms with E-state index in [0.717, 1.165) is 6.29 Å². The Morgan fingerprint density at radius 1 is 1.43 bits per heavy atom. The molecule has 0 aliphatic rings. The highest BCUT2D eigenvalue weighted by Gasteiger charge is 2.17. The molecule has 0 aliphatic heterocycles. The van der Waals surface area contributed by atoms with E-state index in [-0.39, 0.29) is 17.8 Å². The number of carbonyl (C=O) groups excluding carboxylic acids is 2. The van der Waals surface area contributed by atoms with E-state index in [1.165, 1.54) is 36.4 Å². The van der Waals surface area contributed by atoms with E-state index in [4.69, 9.17) is 4.84 Å². The lowest BCUT2D eigenvalue weighted by molar-refractivity contribution is -0.125. The van der Waals surface area contributed by atoms with Gasteiger partial charge in [0, 0.05) is 12.8 Å². The first kappa shape index (κ1) is 22.7. The number of benzene rings is 1. The Kier molecular flexibility index (Phi) is 9.19. The molecule has 0 heterocycles. The fraction of sp³-hybridized carbons (Fsp3) is 0.368. The SMILES string of the molecule is CCC(C=O)N=CCN(CC)C(=O)/C(C#N)=C/c1cc(O)c(O)c(NOC)c1. The van der Waals surface area contributed by atoms with Gasteiger partial charge in [0.1, 0.15) is 29.7 Å². The molecule has 0 saturated heterocycles. The van der Waals surface area contributed by atoms with Gasteiger partial charge in [0.2, 0.25) is 0 Å². The van der Waals surface area contributed by atoms with E-state index in [1.54, 1.807) is 6.92 Å². The average molecular weight is 388 g/mol. The Morgan fingerprint density at radius 3 is 2.68 bits per heavy atom. The molecule has 0 aromatic heterocycles. The summed E-state index contributed by atoms with van der Waals surface area (Å²) in [5.41, 5.74) is 2.63. The minimum absolute atomic E-state index is 0.0810. The van der Waals surface area contributed by atoms with Gasteiger partial charge in [-0.15, -0.1) is 0 Å². The van der Waals surface area contributed by atoms with Crippen molar-refractivity contribution in [1.29, 1.82) is 5.26 Å². The van der Waals surface area contributed by atoms with Gasteiger partial charge in [-0.2, -0.15) is 5.26 Å². The van der Waals surface area contributed by atoms with Crippen molar-refractivity contribution in [2.45, 2.75) is 26.3 Å². The molecule has 9 heteroatoms. The van der Waals surface area contributed by atoms with Crippen LogP contribution in [0.25, 0.3) is 6.08 Å². The number of aldehydes is 1. The first-order valence-electron chi connectivity index (χ1n) is 8.64. The summed E-state index contributed by atoms with van der Waals surface area (Å²) < 4.78 is 0. The summed E-state index contributed by atoms with van der Waals surface area (Å²) in [4.78, 5) is 33.6. The second kappa shape index (κ2) is 11.4. The first-order chi connectivity index (χ1) is 13.4. The highest BCUT2D eigenvalue weighted by atomic mass is 16.6. The number of nitriles is 1. The number of likely N-dealkylation sites (N-methyl/N-ethyl adjacent to an activating group) is 1. The lowest BCUT2D eigenvalue weighted by Crippen LogP contribution is -2.33. The molecule has 1 unspecified atom stereocenters. The molecule has 1 aromatic carbocycles. The molecule has 1 rings (SSSR count). The Hall–Kier alpha value is -3.38. The fourth-order valence-corrected chi connectivity index (χ4v) is 2.26. The molecular weight excluding hydrogens is 364 g/mol. The number of hydrogen-bond donors (Lipinski definition) is 3. The summed E-state index contributed by atoms with van der Waals surface area (Å²) in [5.74, 6) is -1.38. The van der Waals surface area contributed by atoms with Crippen molar-refractivity contribution >= 4 is 30.2 Å². The summed E-state index contributed by atoms with van der Waals surface area (Å²) in [6.07, 6.45) is 4.07. The van der Waals surface area contributed by atoms with Crippen LogP contribution in [0.4, 0.5) is 5.69 Å². The molecule has 0 fully saturated rings. The molecule has 150 valence electrons. The zero-order valence-corrected chi connectivity index (χ0v) is 16.0. The van der Waals surface area contributed by atoms with Crippen molar-refractivity contribution < 1.29 is 24.6 Å². The van der Waals surface area contributed by atoms with Crippen molar-refractivity contribution in [3.63, 3.8) is 0 Å². The summed E-state index contributed by atoms with van der Waals surface area (Å²) in [6.45, 7) is 4.06. The normalized spacial score (nSPS) is 12.4. The second-order valence-electron chi connectivity index (χ2n) is 5.70. The third-order valence-electron chi connectivity index (χ3n) is 3.83. The van der Waals surface area contributed by atoms with E-state index in [9.17, 15) is 25.1 Å². The number of aromatic hydroxyl groups is 2. The van der Waals surface area contributed by atoms with Crippen molar-refractivity contribution in [2.75, 3.05) is 25.7 Å². The van der Waals surface area contributed by atoms with Crippen LogP contribution in [-0.2, 0) is 14.4 Å². The Bertz CT molecular complexity index is 798. The van der Waals surface area contributed by atoms with E-state index in [2.05, 4.69) is 10.5 Å². The van der Waals surface area contributed by atoms with E-state index < -0.39 is 23.4 Å². The summed E-state index contributed by atoms with van der Waals surface area (Å²) in [5, 5.41) is 29.0. The Labute approximate surface area is 163 Å². The van der Waals surface area contributed by atoms with E-state index in [1.807, 2.05) is 13.0 Å². The molecular formula is C19H24N4O5. The quantitative estimate of drug-likeness (QED) is 0.139. The molecule has 9 nitrogen and oxygen atoms in total. The molecule has 0 saturated carbocycles. The molecule has 0 bridgehead atoms. The first-order valence-corrected chi connectivity index (χ1v) is 8.64. The fourth-order valence-electron chi connectivity index (χ4n) is 2.26. The van der Waals surface area contributed by atoms with Gasteiger partial charge >= 0.3 is 0 Å². The second-order valence-corrected chi connectivity index (χ2v) is 5.70. The lowest BCUT2D eigenvalue weighted by atomic mass is 10.1. The van der Waals surface area contributed by atoms with E-state index >= 15 is 0 Å². The molecule has 0 spiro atoms. The van der Waals surface area contributed by atoms with Crippen molar-refractivity contribution in [3.05, 3.63) is 23.3 Å². The number of carbonyl (C=O) groups is 2. The lowest BCUT2D eigenvalue weighted by Gasteiger charge is -2.18. The highest BCUT2D eigenvalue weighted by molar-refractivity contribution is 6.02. The monoisotopic (exact) mass is 388 g/mol. The number of phenolic OH excluding ortho intramolecular Hbond substituents is 2. The number of nitrogens with zero attached hydrogens (tertiary/aromatic N) is 3. The summed E-state index contributed by atoms with van der Waals surface area (Å²) >= 11 is 0. The molecule has 1 amide bonds. The number of amides is 1. The third kappa shape index (κ3) is 6.10. The number of phenols is 2. The van der Waals surface area contributed by atoms with Gasteiger partial charge < -0.3 is 19.9 Å². The Morgan fingerprint density at radius 2 is 2.14 bits per heavy atom. The predicted molar refractivity (Wildman–Crippen MR) is 105 cm³/mol. The van der Waals surface area contributed by atoms with Crippen LogP contribution in [0.3, 0.4) is 0 Å². The predicted octanol–water partition coefficient (Wildman–Crippen LogP) is 1.87. The molecule has 0 aliphatic carbocycles. The van der Waals surface area contributed by atoms with Gasteiger partial charge in [0.05, 0.1) is 13.7 Å². The largest absolute Gasteiger partial charge is 0.504 e. The van der Waals surface area contributed by atoms with Crippen LogP contribution in [0.2, 0.25) is 0 Å². The highest BCUT2D eigenvalue weighted by Crippen LogP contribution is 2.35. The Balaban J connectivity index is 3.09. The number of rotatable bonds is 10.